The minimum atomic E-state index is -0.510. The fourth-order valence-corrected chi connectivity index (χ4v) is 2.60. The van der Waals surface area contributed by atoms with Gasteiger partial charge in [0.25, 0.3) is 0 Å². The number of carbonyl (C=O) groups excluding carboxylic acids is 2. The van der Waals surface area contributed by atoms with Crippen LogP contribution in [0.1, 0.15) is 18.3 Å². The quantitative estimate of drug-likeness (QED) is 0.640. The Labute approximate surface area is 127 Å². The van der Waals surface area contributed by atoms with Crippen LogP contribution >= 0.6 is 0 Å². The standard InChI is InChI=1S/C15H18N4O3/c1-22-14(21)8-13(20)19-7-6-16-12(9-19)15-17-10-4-2-3-5-11(10)18-15/h2-5,12,16H,6-9H2,1H3,(H,17,18). The zero-order chi connectivity index (χ0) is 15.5. The molecule has 116 valence electrons. The highest BCUT2D eigenvalue weighted by molar-refractivity contribution is 5.94. The van der Waals surface area contributed by atoms with Crippen molar-refractivity contribution in [2.24, 2.45) is 0 Å². The Hall–Kier alpha value is -2.41. The number of H-pyrrole nitrogens is 1. The molecular weight excluding hydrogens is 284 g/mol. The second-order valence-corrected chi connectivity index (χ2v) is 5.24. The Morgan fingerprint density at radius 1 is 1.41 bits per heavy atom. The van der Waals surface area contributed by atoms with Gasteiger partial charge in [-0.25, -0.2) is 4.98 Å². The minimum Gasteiger partial charge on any atom is -0.469 e. The molecule has 2 heterocycles. The monoisotopic (exact) mass is 302 g/mol. The Morgan fingerprint density at radius 2 is 2.23 bits per heavy atom. The third-order valence-corrected chi connectivity index (χ3v) is 3.79. The molecule has 3 rings (SSSR count). The maximum Gasteiger partial charge on any atom is 0.315 e. The maximum atomic E-state index is 12.1. The summed E-state index contributed by atoms with van der Waals surface area (Å²) in [6, 6.07) is 7.73. The van der Waals surface area contributed by atoms with E-state index in [4.69, 9.17) is 0 Å². The molecular formula is C15H18N4O3. The van der Waals surface area contributed by atoms with Crippen LogP contribution in [0.2, 0.25) is 0 Å². The third kappa shape index (κ3) is 2.94. The molecule has 1 aromatic carbocycles. The zero-order valence-electron chi connectivity index (χ0n) is 12.3. The Balaban J connectivity index is 1.72. The van der Waals surface area contributed by atoms with Crippen molar-refractivity contribution >= 4 is 22.9 Å². The molecule has 1 atom stereocenters. The van der Waals surface area contributed by atoms with Crippen LogP contribution in [-0.2, 0) is 14.3 Å². The van der Waals surface area contributed by atoms with E-state index < -0.39 is 5.97 Å². The molecule has 7 heteroatoms. The molecule has 0 saturated carbocycles. The molecule has 1 aromatic heterocycles. The van der Waals surface area contributed by atoms with E-state index in [1.807, 2.05) is 24.3 Å². The molecule has 7 nitrogen and oxygen atoms in total. The van der Waals surface area contributed by atoms with Crippen LogP contribution in [0.4, 0.5) is 0 Å². The molecule has 1 amide bonds. The van der Waals surface area contributed by atoms with Gasteiger partial charge in [0.15, 0.2) is 0 Å². The van der Waals surface area contributed by atoms with Crippen molar-refractivity contribution in [3.63, 3.8) is 0 Å². The number of rotatable bonds is 3. The first-order valence-electron chi connectivity index (χ1n) is 7.20. The number of nitrogens with one attached hydrogen (secondary N) is 2. The fraction of sp³-hybridized carbons (Fsp3) is 0.400. The zero-order valence-corrected chi connectivity index (χ0v) is 12.3. The highest BCUT2D eigenvalue weighted by Gasteiger charge is 2.27. The van der Waals surface area contributed by atoms with Crippen molar-refractivity contribution in [3.8, 4) is 0 Å². The molecule has 0 aliphatic carbocycles. The average Bonchev–Trinajstić information content (AvgIpc) is 2.99. The smallest absolute Gasteiger partial charge is 0.315 e. The SMILES string of the molecule is COC(=O)CC(=O)N1CCNC(c2nc3ccccc3[nH]2)C1. The van der Waals surface area contributed by atoms with Crippen molar-refractivity contribution in [2.75, 3.05) is 26.7 Å². The number of aromatic amines is 1. The number of hydrogen-bond donors (Lipinski definition) is 2. The normalized spacial score (nSPS) is 18.4. The predicted octanol–water partition coefficient (Wildman–Crippen LogP) is 0.599. The summed E-state index contributed by atoms with van der Waals surface area (Å²) in [5.74, 6) is 0.0787. The van der Waals surface area contributed by atoms with Gasteiger partial charge in [-0.05, 0) is 12.1 Å². The average molecular weight is 302 g/mol. The summed E-state index contributed by atoms with van der Waals surface area (Å²) < 4.78 is 4.54. The van der Waals surface area contributed by atoms with Gasteiger partial charge in [0.2, 0.25) is 5.91 Å². The van der Waals surface area contributed by atoms with E-state index in [1.165, 1.54) is 7.11 Å². The van der Waals surface area contributed by atoms with Gasteiger partial charge in [-0.15, -0.1) is 0 Å². The van der Waals surface area contributed by atoms with Crippen molar-refractivity contribution < 1.29 is 14.3 Å². The number of amides is 1. The first-order chi connectivity index (χ1) is 10.7. The molecule has 1 aliphatic rings. The lowest BCUT2D eigenvalue weighted by Gasteiger charge is -2.32. The number of methoxy groups -OCH3 is 1. The van der Waals surface area contributed by atoms with Crippen LogP contribution < -0.4 is 5.32 Å². The molecule has 1 unspecified atom stereocenters. The van der Waals surface area contributed by atoms with Gasteiger partial charge in [0.1, 0.15) is 12.2 Å². The van der Waals surface area contributed by atoms with E-state index >= 15 is 0 Å². The number of fused-ring (bicyclic) bond motifs is 1. The fourth-order valence-electron chi connectivity index (χ4n) is 2.60. The Morgan fingerprint density at radius 3 is 3.00 bits per heavy atom. The van der Waals surface area contributed by atoms with E-state index in [2.05, 4.69) is 20.0 Å². The number of aromatic nitrogens is 2. The van der Waals surface area contributed by atoms with E-state index in [0.717, 1.165) is 16.9 Å². The van der Waals surface area contributed by atoms with Gasteiger partial charge in [0, 0.05) is 19.6 Å². The number of hydrogen-bond acceptors (Lipinski definition) is 5. The van der Waals surface area contributed by atoms with Gasteiger partial charge in [-0.2, -0.15) is 0 Å². The summed E-state index contributed by atoms with van der Waals surface area (Å²) in [6.07, 6.45) is -0.219. The van der Waals surface area contributed by atoms with Crippen molar-refractivity contribution in [1.29, 1.82) is 0 Å². The van der Waals surface area contributed by atoms with Gasteiger partial charge < -0.3 is 19.9 Å². The van der Waals surface area contributed by atoms with Crippen LogP contribution in [0.5, 0.6) is 0 Å². The summed E-state index contributed by atoms with van der Waals surface area (Å²) in [5, 5.41) is 3.34. The van der Waals surface area contributed by atoms with Gasteiger partial charge >= 0.3 is 5.97 Å². The molecule has 2 aromatic rings. The van der Waals surface area contributed by atoms with E-state index in [9.17, 15) is 9.59 Å². The first-order valence-corrected chi connectivity index (χ1v) is 7.20. The number of ether oxygens (including phenoxy) is 1. The molecule has 1 saturated heterocycles. The molecule has 0 bridgehead atoms. The van der Waals surface area contributed by atoms with Crippen LogP contribution in [-0.4, -0.2) is 53.5 Å². The summed E-state index contributed by atoms with van der Waals surface area (Å²) in [5.41, 5.74) is 1.87. The van der Waals surface area contributed by atoms with E-state index in [-0.39, 0.29) is 18.4 Å². The number of piperazine rings is 1. The minimum absolute atomic E-state index is 0.0669. The first kappa shape index (κ1) is 14.5. The predicted molar refractivity (Wildman–Crippen MR) is 80.1 cm³/mol. The Bertz CT molecular complexity index is 664. The topological polar surface area (TPSA) is 87.3 Å². The van der Waals surface area contributed by atoms with E-state index in [0.29, 0.717) is 19.6 Å². The van der Waals surface area contributed by atoms with Crippen LogP contribution in [0, 0.1) is 0 Å². The molecule has 0 radical (unpaired) electrons. The molecule has 1 fully saturated rings. The molecule has 22 heavy (non-hydrogen) atoms. The second-order valence-electron chi connectivity index (χ2n) is 5.24. The van der Waals surface area contributed by atoms with E-state index in [1.54, 1.807) is 4.90 Å². The molecule has 1 aliphatic heterocycles. The molecule has 2 N–H and O–H groups in total. The van der Waals surface area contributed by atoms with Crippen molar-refractivity contribution in [2.45, 2.75) is 12.5 Å². The number of nitrogens with zero attached hydrogens (tertiary/aromatic N) is 2. The highest BCUT2D eigenvalue weighted by atomic mass is 16.5. The second kappa shape index (κ2) is 6.15. The van der Waals surface area contributed by atoms with Crippen molar-refractivity contribution in [3.05, 3.63) is 30.1 Å². The molecule has 0 spiro atoms. The number of benzene rings is 1. The third-order valence-electron chi connectivity index (χ3n) is 3.79. The summed E-state index contributed by atoms with van der Waals surface area (Å²) >= 11 is 0. The van der Waals surface area contributed by atoms with Crippen molar-refractivity contribution in [1.82, 2.24) is 20.2 Å². The lowest BCUT2D eigenvalue weighted by atomic mass is 10.2. The summed E-state index contributed by atoms with van der Waals surface area (Å²) in [6.45, 7) is 1.72. The highest BCUT2D eigenvalue weighted by Crippen LogP contribution is 2.19. The van der Waals surface area contributed by atoms with Crippen LogP contribution in [0.3, 0.4) is 0 Å². The lowest BCUT2D eigenvalue weighted by Crippen LogP contribution is -2.49. The number of carbonyl (C=O) groups is 2. The van der Waals surface area contributed by atoms with Gasteiger partial charge in [-0.1, -0.05) is 12.1 Å². The number of para-hydroxylation sites is 2. The van der Waals surface area contributed by atoms with Crippen LogP contribution in [0.25, 0.3) is 11.0 Å². The largest absolute Gasteiger partial charge is 0.469 e. The lowest BCUT2D eigenvalue weighted by molar-refractivity contribution is -0.147. The van der Waals surface area contributed by atoms with Gasteiger partial charge in [-0.3, -0.25) is 9.59 Å². The van der Waals surface area contributed by atoms with Gasteiger partial charge in [0.05, 0.1) is 24.2 Å². The number of esters is 1. The van der Waals surface area contributed by atoms with Crippen LogP contribution in [0.15, 0.2) is 24.3 Å². The summed E-state index contributed by atoms with van der Waals surface area (Å²) in [7, 11) is 1.28. The Kier molecular flexibility index (Phi) is 4.06. The maximum absolute atomic E-state index is 12.1. The number of imidazole rings is 1. The summed E-state index contributed by atoms with van der Waals surface area (Å²) in [4.78, 5) is 32.8.